The van der Waals surface area contributed by atoms with Gasteiger partial charge in [0.1, 0.15) is 18.3 Å². The van der Waals surface area contributed by atoms with E-state index in [1.54, 1.807) is 29.2 Å². The average molecular weight is 376 g/mol. The number of hydrogen-bond donors (Lipinski definition) is 2. The number of rotatable bonds is 4. The number of alkyl halides is 2. The summed E-state index contributed by atoms with van der Waals surface area (Å²) in [4.78, 5) is 12.2. The molecule has 0 unspecified atom stereocenters. The Morgan fingerprint density at radius 1 is 1.22 bits per heavy atom. The quantitative estimate of drug-likeness (QED) is 0.730. The van der Waals surface area contributed by atoms with E-state index in [0.717, 1.165) is 6.07 Å². The van der Waals surface area contributed by atoms with E-state index in [1.165, 1.54) is 12.1 Å². The molecule has 27 heavy (non-hydrogen) atoms. The number of aromatic nitrogens is 3. The maximum Gasteiger partial charge on any atom is 0.269 e. The number of ether oxygens (including phenoxy) is 1. The zero-order chi connectivity index (χ0) is 19.0. The Kier molecular flexibility index (Phi) is 4.19. The van der Waals surface area contributed by atoms with Gasteiger partial charge in [0.05, 0.1) is 6.61 Å². The van der Waals surface area contributed by atoms with Gasteiger partial charge in [0, 0.05) is 36.0 Å². The first-order valence-electron chi connectivity index (χ1n) is 8.04. The Bertz CT molecular complexity index is 1020. The minimum absolute atomic E-state index is 0.0696. The molecule has 2 aromatic heterocycles. The molecule has 3 N–H and O–H groups in total. The van der Waals surface area contributed by atoms with Crippen LogP contribution >= 0.6 is 0 Å². The number of benzene rings is 1. The molecule has 3 aromatic rings. The topological polar surface area (TPSA) is 89.8 Å². The van der Waals surface area contributed by atoms with Crippen LogP contribution < -0.4 is 11.1 Å². The predicted octanol–water partition coefficient (Wildman–Crippen LogP) is 2.46. The largest absolute Gasteiger partial charge is 0.385 e. The molecule has 10 heteroatoms. The van der Waals surface area contributed by atoms with Crippen LogP contribution in [0.1, 0.15) is 5.56 Å². The van der Waals surface area contributed by atoms with Crippen molar-refractivity contribution in [2.24, 2.45) is 10.7 Å². The summed E-state index contributed by atoms with van der Waals surface area (Å²) in [6.07, 6.45) is 3.60. The Labute approximate surface area is 151 Å². The lowest BCUT2D eigenvalue weighted by Crippen LogP contribution is -2.45. The fourth-order valence-electron chi connectivity index (χ4n) is 3.01. The van der Waals surface area contributed by atoms with Crippen molar-refractivity contribution in [3.8, 4) is 0 Å². The Morgan fingerprint density at radius 2 is 2.00 bits per heavy atom. The van der Waals surface area contributed by atoms with Gasteiger partial charge in [-0.15, -0.1) is 0 Å². The van der Waals surface area contributed by atoms with Gasteiger partial charge in [-0.3, -0.25) is 4.99 Å². The molecule has 7 nitrogen and oxygen atoms in total. The Balaban J connectivity index is 1.77. The number of halogens is 3. The molecule has 0 radical (unpaired) electrons. The molecule has 0 spiro atoms. The molecule has 4 rings (SSSR count). The van der Waals surface area contributed by atoms with E-state index in [0.29, 0.717) is 17.2 Å². The monoisotopic (exact) mass is 376 g/mol. The molecule has 0 saturated carbocycles. The summed E-state index contributed by atoms with van der Waals surface area (Å²) < 4.78 is 49.1. The van der Waals surface area contributed by atoms with Crippen LogP contribution in [0.25, 0.3) is 5.65 Å². The van der Waals surface area contributed by atoms with Crippen LogP contribution in [0.2, 0.25) is 0 Å². The van der Waals surface area contributed by atoms with Gasteiger partial charge < -0.3 is 20.2 Å². The van der Waals surface area contributed by atoms with Gasteiger partial charge in [0.2, 0.25) is 0 Å². The molecular weight excluding hydrogens is 361 g/mol. The standard InChI is InChI=1S/C17H15F3N6O/c18-12-2-1-10(24-14-15-23-4-6-26(15)5-3-22-14)7-11(12)17(16(19)20)9-27-8-13(21)25-17/h1-7,16H,8-9H2,(H2,21,25)(H,22,24)/t17-/m1/s1. The molecule has 0 aliphatic carbocycles. The van der Waals surface area contributed by atoms with Gasteiger partial charge in [0.15, 0.2) is 17.0 Å². The first-order chi connectivity index (χ1) is 13.0. The normalized spacial score (nSPS) is 20.1. The summed E-state index contributed by atoms with van der Waals surface area (Å²) in [6.45, 7) is -0.542. The van der Waals surface area contributed by atoms with E-state index in [2.05, 4.69) is 20.3 Å². The van der Waals surface area contributed by atoms with Gasteiger partial charge in [-0.25, -0.2) is 23.1 Å². The van der Waals surface area contributed by atoms with E-state index in [1.807, 2.05) is 0 Å². The number of nitrogens with one attached hydrogen (secondary N) is 1. The number of anilines is 2. The van der Waals surface area contributed by atoms with Crippen LogP contribution in [0.15, 0.2) is 48.0 Å². The number of imidazole rings is 1. The van der Waals surface area contributed by atoms with E-state index in [-0.39, 0.29) is 18.0 Å². The molecule has 3 heterocycles. The van der Waals surface area contributed by atoms with Crippen LogP contribution in [0.3, 0.4) is 0 Å². The minimum Gasteiger partial charge on any atom is -0.385 e. The van der Waals surface area contributed by atoms with Crippen molar-refractivity contribution in [1.82, 2.24) is 14.4 Å². The van der Waals surface area contributed by atoms with Crippen LogP contribution in [0.4, 0.5) is 24.7 Å². The summed E-state index contributed by atoms with van der Waals surface area (Å²) in [5.41, 5.74) is 3.97. The second kappa shape index (κ2) is 6.54. The smallest absolute Gasteiger partial charge is 0.269 e. The van der Waals surface area contributed by atoms with Crippen LogP contribution in [0, 0.1) is 5.82 Å². The third kappa shape index (κ3) is 2.97. The SMILES string of the molecule is NC1=N[C@](c2cc(Nc3nccn4ccnc34)ccc2F)(C(F)F)COC1. The first kappa shape index (κ1) is 17.3. The number of amidine groups is 1. The Morgan fingerprint density at radius 3 is 2.74 bits per heavy atom. The molecule has 0 bridgehead atoms. The van der Waals surface area contributed by atoms with Crippen LogP contribution in [0.5, 0.6) is 0 Å². The van der Waals surface area contributed by atoms with Gasteiger partial charge in [-0.1, -0.05) is 0 Å². The molecule has 1 aliphatic rings. The Hall–Kier alpha value is -3.14. The van der Waals surface area contributed by atoms with Gasteiger partial charge >= 0.3 is 0 Å². The minimum atomic E-state index is -3.00. The van der Waals surface area contributed by atoms with Crippen LogP contribution in [-0.4, -0.2) is 39.8 Å². The second-order valence-corrected chi connectivity index (χ2v) is 6.07. The molecule has 0 amide bonds. The summed E-state index contributed by atoms with van der Waals surface area (Å²) in [5, 5.41) is 2.98. The number of nitrogens with zero attached hydrogens (tertiary/aromatic N) is 4. The third-order valence-corrected chi connectivity index (χ3v) is 4.28. The highest BCUT2D eigenvalue weighted by Crippen LogP contribution is 2.38. The molecule has 1 aromatic carbocycles. The molecule has 0 saturated heterocycles. The van der Waals surface area contributed by atoms with Crippen molar-refractivity contribution in [3.05, 3.63) is 54.4 Å². The lowest BCUT2D eigenvalue weighted by Gasteiger charge is -2.33. The third-order valence-electron chi connectivity index (χ3n) is 4.28. The number of hydrogen-bond acceptors (Lipinski definition) is 6. The van der Waals surface area contributed by atoms with Crippen molar-refractivity contribution in [2.75, 3.05) is 18.5 Å². The zero-order valence-corrected chi connectivity index (χ0v) is 13.9. The molecular formula is C17H15F3N6O. The van der Waals surface area contributed by atoms with Gasteiger partial charge in [-0.2, -0.15) is 0 Å². The van der Waals surface area contributed by atoms with E-state index < -0.39 is 24.4 Å². The van der Waals surface area contributed by atoms with Crippen molar-refractivity contribution < 1.29 is 17.9 Å². The maximum absolute atomic E-state index is 14.5. The second-order valence-electron chi connectivity index (χ2n) is 6.07. The van der Waals surface area contributed by atoms with Gasteiger partial charge in [0.25, 0.3) is 6.43 Å². The highest BCUT2D eigenvalue weighted by atomic mass is 19.3. The number of fused-ring (bicyclic) bond motifs is 1. The summed E-state index contributed by atoms with van der Waals surface area (Å²) in [5.74, 6) is -0.535. The van der Waals surface area contributed by atoms with E-state index in [9.17, 15) is 13.2 Å². The van der Waals surface area contributed by atoms with E-state index in [4.69, 9.17) is 10.5 Å². The lowest BCUT2D eigenvalue weighted by atomic mass is 9.90. The van der Waals surface area contributed by atoms with Crippen molar-refractivity contribution in [2.45, 2.75) is 12.0 Å². The summed E-state index contributed by atoms with van der Waals surface area (Å²) in [7, 11) is 0. The fourth-order valence-corrected chi connectivity index (χ4v) is 3.01. The molecule has 0 fully saturated rings. The number of aliphatic imine (C=N–C) groups is 1. The average Bonchev–Trinajstić information content (AvgIpc) is 3.13. The van der Waals surface area contributed by atoms with E-state index >= 15 is 0 Å². The molecule has 1 atom stereocenters. The summed E-state index contributed by atoms with van der Waals surface area (Å²) in [6, 6.07) is 3.78. The maximum atomic E-state index is 14.5. The fraction of sp³-hybridized carbons (Fsp3) is 0.235. The van der Waals surface area contributed by atoms with Crippen molar-refractivity contribution in [3.63, 3.8) is 0 Å². The van der Waals surface area contributed by atoms with Crippen molar-refractivity contribution >= 4 is 23.0 Å². The summed E-state index contributed by atoms with van der Waals surface area (Å²) >= 11 is 0. The zero-order valence-electron chi connectivity index (χ0n) is 13.9. The number of nitrogens with two attached hydrogens (primary N) is 1. The lowest BCUT2D eigenvalue weighted by molar-refractivity contribution is -0.0145. The van der Waals surface area contributed by atoms with Crippen LogP contribution in [-0.2, 0) is 10.3 Å². The highest BCUT2D eigenvalue weighted by molar-refractivity contribution is 5.83. The molecule has 140 valence electrons. The molecule has 1 aliphatic heterocycles. The highest BCUT2D eigenvalue weighted by Gasteiger charge is 2.46. The van der Waals surface area contributed by atoms with Crippen molar-refractivity contribution in [1.29, 1.82) is 0 Å². The predicted molar refractivity (Wildman–Crippen MR) is 92.8 cm³/mol. The van der Waals surface area contributed by atoms with Gasteiger partial charge in [-0.05, 0) is 18.2 Å². The first-order valence-corrected chi connectivity index (χ1v) is 8.04.